The summed E-state index contributed by atoms with van der Waals surface area (Å²) in [4.78, 5) is 0. The quantitative estimate of drug-likeness (QED) is 0.678. The van der Waals surface area contributed by atoms with Gasteiger partial charge in [0, 0.05) is 19.7 Å². The molecule has 78 valence electrons. The van der Waals surface area contributed by atoms with E-state index in [1.807, 2.05) is 0 Å². The minimum Gasteiger partial charge on any atom is -0.383 e. The van der Waals surface area contributed by atoms with Gasteiger partial charge in [-0.25, -0.2) is 0 Å². The van der Waals surface area contributed by atoms with E-state index in [1.165, 1.54) is 25.7 Å². The molecule has 1 saturated carbocycles. The van der Waals surface area contributed by atoms with Gasteiger partial charge in [-0.2, -0.15) is 0 Å². The third-order valence-corrected chi connectivity index (χ3v) is 3.08. The van der Waals surface area contributed by atoms with Crippen molar-refractivity contribution in [2.75, 3.05) is 20.3 Å². The third-order valence-electron chi connectivity index (χ3n) is 3.08. The maximum Gasteiger partial charge on any atom is 0.0587 e. The van der Waals surface area contributed by atoms with Crippen molar-refractivity contribution in [1.29, 1.82) is 0 Å². The minimum atomic E-state index is 0.583. The van der Waals surface area contributed by atoms with Gasteiger partial charge < -0.3 is 10.1 Å². The Morgan fingerprint density at radius 2 is 1.92 bits per heavy atom. The Morgan fingerprint density at radius 3 is 2.46 bits per heavy atom. The average Bonchev–Trinajstić information content (AvgIpc) is 2.08. The van der Waals surface area contributed by atoms with Crippen LogP contribution in [-0.2, 0) is 4.74 Å². The Labute approximate surface area is 82.0 Å². The van der Waals surface area contributed by atoms with Crippen molar-refractivity contribution < 1.29 is 4.74 Å². The van der Waals surface area contributed by atoms with Crippen LogP contribution in [0, 0.1) is 5.41 Å². The summed E-state index contributed by atoms with van der Waals surface area (Å²) in [6, 6.07) is 0.739. The molecule has 1 aliphatic carbocycles. The molecule has 0 aromatic rings. The lowest BCUT2D eigenvalue weighted by atomic mass is 9.75. The molecule has 0 radical (unpaired) electrons. The van der Waals surface area contributed by atoms with Crippen LogP contribution in [0.25, 0.3) is 0 Å². The Morgan fingerprint density at radius 1 is 1.31 bits per heavy atom. The lowest BCUT2D eigenvalue weighted by Crippen LogP contribution is -2.37. The molecule has 0 unspecified atom stereocenters. The maximum atomic E-state index is 5.01. The van der Waals surface area contributed by atoms with Crippen molar-refractivity contribution >= 4 is 0 Å². The number of hydrogen-bond donors (Lipinski definition) is 1. The van der Waals surface area contributed by atoms with Gasteiger partial charge in [-0.3, -0.25) is 0 Å². The van der Waals surface area contributed by atoms with Crippen LogP contribution < -0.4 is 5.32 Å². The summed E-state index contributed by atoms with van der Waals surface area (Å²) in [5, 5.41) is 3.54. The number of nitrogens with one attached hydrogen (secondary N) is 1. The number of rotatable bonds is 4. The number of methoxy groups -OCH3 is 1. The fourth-order valence-corrected chi connectivity index (χ4v) is 1.97. The van der Waals surface area contributed by atoms with E-state index in [-0.39, 0.29) is 0 Å². The van der Waals surface area contributed by atoms with Crippen molar-refractivity contribution in [3.05, 3.63) is 0 Å². The summed E-state index contributed by atoms with van der Waals surface area (Å²) in [5.41, 5.74) is 0.583. The average molecular weight is 185 g/mol. The lowest BCUT2D eigenvalue weighted by Gasteiger charge is -2.34. The molecule has 0 atom stereocenters. The molecule has 0 heterocycles. The van der Waals surface area contributed by atoms with Crippen LogP contribution in [0.2, 0.25) is 0 Å². The molecule has 0 aromatic carbocycles. The zero-order valence-corrected chi connectivity index (χ0v) is 9.23. The first kappa shape index (κ1) is 11.0. The van der Waals surface area contributed by atoms with Crippen molar-refractivity contribution in [2.24, 2.45) is 5.41 Å². The minimum absolute atomic E-state index is 0.583. The zero-order valence-electron chi connectivity index (χ0n) is 9.23. The van der Waals surface area contributed by atoms with E-state index in [1.54, 1.807) is 7.11 Å². The van der Waals surface area contributed by atoms with Crippen LogP contribution in [-0.4, -0.2) is 26.3 Å². The first-order valence-corrected chi connectivity index (χ1v) is 5.36. The summed E-state index contributed by atoms with van der Waals surface area (Å²) in [6.07, 6.45) is 5.38. The molecule has 0 aliphatic heterocycles. The van der Waals surface area contributed by atoms with Gasteiger partial charge in [0.1, 0.15) is 0 Å². The molecule has 0 bridgehead atoms. The van der Waals surface area contributed by atoms with Crippen LogP contribution in [0.4, 0.5) is 0 Å². The van der Waals surface area contributed by atoms with Crippen LogP contribution in [0.1, 0.15) is 39.5 Å². The maximum absolute atomic E-state index is 5.01. The highest BCUT2D eigenvalue weighted by atomic mass is 16.5. The number of ether oxygens (including phenoxy) is 1. The fourth-order valence-electron chi connectivity index (χ4n) is 1.97. The Kier molecular flexibility index (Phi) is 4.20. The normalized spacial score (nSPS) is 23.3. The van der Waals surface area contributed by atoms with Gasteiger partial charge in [-0.05, 0) is 31.1 Å². The van der Waals surface area contributed by atoms with E-state index in [0.29, 0.717) is 5.41 Å². The topological polar surface area (TPSA) is 21.3 Å². The highest BCUT2D eigenvalue weighted by Crippen LogP contribution is 2.34. The summed E-state index contributed by atoms with van der Waals surface area (Å²) in [5.74, 6) is 0. The van der Waals surface area contributed by atoms with Crippen molar-refractivity contribution in [1.82, 2.24) is 5.32 Å². The summed E-state index contributed by atoms with van der Waals surface area (Å²) >= 11 is 0. The third kappa shape index (κ3) is 4.10. The van der Waals surface area contributed by atoms with Gasteiger partial charge in [0.25, 0.3) is 0 Å². The smallest absolute Gasteiger partial charge is 0.0587 e. The Hall–Kier alpha value is -0.0800. The van der Waals surface area contributed by atoms with Gasteiger partial charge in [-0.15, -0.1) is 0 Å². The van der Waals surface area contributed by atoms with Gasteiger partial charge >= 0.3 is 0 Å². The molecule has 1 N–H and O–H groups in total. The lowest BCUT2D eigenvalue weighted by molar-refractivity contribution is 0.174. The molecule has 13 heavy (non-hydrogen) atoms. The molecular weight excluding hydrogens is 162 g/mol. The van der Waals surface area contributed by atoms with E-state index in [2.05, 4.69) is 19.2 Å². The molecule has 0 amide bonds. The highest BCUT2D eigenvalue weighted by molar-refractivity contribution is 4.81. The van der Waals surface area contributed by atoms with Crippen molar-refractivity contribution in [3.63, 3.8) is 0 Å². The number of hydrogen-bond acceptors (Lipinski definition) is 2. The zero-order chi connectivity index (χ0) is 9.73. The fraction of sp³-hybridized carbons (Fsp3) is 1.00. The molecule has 1 fully saturated rings. The molecule has 0 saturated heterocycles. The predicted octanol–water partition coefficient (Wildman–Crippen LogP) is 2.19. The SMILES string of the molecule is COCCNC1CCC(C)(C)CC1. The largest absolute Gasteiger partial charge is 0.383 e. The van der Waals surface area contributed by atoms with E-state index in [0.717, 1.165) is 19.2 Å². The van der Waals surface area contributed by atoms with Crippen molar-refractivity contribution in [3.8, 4) is 0 Å². The summed E-state index contributed by atoms with van der Waals surface area (Å²) < 4.78 is 5.01. The second kappa shape index (κ2) is 4.97. The van der Waals surface area contributed by atoms with E-state index >= 15 is 0 Å². The van der Waals surface area contributed by atoms with E-state index < -0.39 is 0 Å². The van der Waals surface area contributed by atoms with Crippen LogP contribution in [0.5, 0.6) is 0 Å². The Balaban J connectivity index is 2.11. The molecule has 1 aliphatic rings. The summed E-state index contributed by atoms with van der Waals surface area (Å²) in [6.45, 7) is 6.58. The van der Waals surface area contributed by atoms with Crippen LogP contribution in [0.15, 0.2) is 0 Å². The van der Waals surface area contributed by atoms with Crippen LogP contribution in [0.3, 0.4) is 0 Å². The predicted molar refractivity (Wildman–Crippen MR) is 55.9 cm³/mol. The second-order valence-corrected chi connectivity index (χ2v) is 4.89. The highest BCUT2D eigenvalue weighted by Gasteiger charge is 2.25. The van der Waals surface area contributed by atoms with Crippen molar-refractivity contribution in [2.45, 2.75) is 45.6 Å². The van der Waals surface area contributed by atoms with Gasteiger partial charge in [0.15, 0.2) is 0 Å². The Bertz CT molecular complexity index is 135. The molecular formula is C11H23NO. The van der Waals surface area contributed by atoms with E-state index in [4.69, 9.17) is 4.74 Å². The van der Waals surface area contributed by atoms with Gasteiger partial charge in [0.05, 0.1) is 6.61 Å². The summed E-state index contributed by atoms with van der Waals surface area (Å²) in [7, 11) is 1.76. The molecule has 1 rings (SSSR count). The molecule has 0 spiro atoms. The first-order valence-electron chi connectivity index (χ1n) is 5.36. The molecule has 2 heteroatoms. The molecule has 0 aromatic heterocycles. The first-order chi connectivity index (χ1) is 6.14. The second-order valence-electron chi connectivity index (χ2n) is 4.89. The van der Waals surface area contributed by atoms with E-state index in [9.17, 15) is 0 Å². The van der Waals surface area contributed by atoms with Gasteiger partial charge in [-0.1, -0.05) is 13.8 Å². The standard InChI is InChI=1S/C11H23NO/c1-11(2)6-4-10(5-7-11)12-8-9-13-3/h10,12H,4-9H2,1-3H3. The molecule has 2 nitrogen and oxygen atoms in total. The van der Waals surface area contributed by atoms with Gasteiger partial charge in [0.2, 0.25) is 0 Å². The monoisotopic (exact) mass is 185 g/mol. The van der Waals surface area contributed by atoms with Crippen LogP contribution >= 0.6 is 0 Å².